The first kappa shape index (κ1) is 24.8. The van der Waals surface area contributed by atoms with Crippen molar-refractivity contribution in [2.24, 2.45) is 0 Å². The Hall–Kier alpha value is -3.92. The molecular weight excluding hydrogens is 478 g/mol. The van der Waals surface area contributed by atoms with Gasteiger partial charge in [-0.1, -0.05) is 48.5 Å². The van der Waals surface area contributed by atoms with Gasteiger partial charge in [0, 0.05) is 25.4 Å². The summed E-state index contributed by atoms with van der Waals surface area (Å²) in [4.78, 5) is 52.5. The number of amides is 3. The third-order valence-corrected chi connectivity index (χ3v) is 7.39. The van der Waals surface area contributed by atoms with Crippen LogP contribution in [0.3, 0.4) is 0 Å². The molecule has 10 heteroatoms. The molecule has 2 aromatic rings. The molecule has 0 unspecified atom stereocenters. The van der Waals surface area contributed by atoms with E-state index in [9.17, 15) is 24.3 Å². The van der Waals surface area contributed by atoms with E-state index in [-0.39, 0.29) is 25.5 Å². The van der Waals surface area contributed by atoms with E-state index in [1.165, 1.54) is 9.80 Å². The zero-order valence-electron chi connectivity index (χ0n) is 20.2. The number of aliphatic hydroxyl groups is 1. The summed E-state index contributed by atoms with van der Waals surface area (Å²) in [5.41, 5.74) is 4.42. The lowest BCUT2D eigenvalue weighted by atomic mass is 9.98. The van der Waals surface area contributed by atoms with E-state index in [1.54, 1.807) is 0 Å². The van der Waals surface area contributed by atoms with Crippen LogP contribution in [0.2, 0.25) is 0 Å². The quantitative estimate of drug-likeness (QED) is 0.540. The molecule has 194 valence electrons. The van der Waals surface area contributed by atoms with Gasteiger partial charge in [-0.3, -0.25) is 19.3 Å². The Bertz CT molecular complexity index is 1190. The number of ether oxygens (including phenoxy) is 1. The second kappa shape index (κ2) is 10.2. The summed E-state index contributed by atoms with van der Waals surface area (Å²) >= 11 is 0. The zero-order chi connectivity index (χ0) is 26.1. The van der Waals surface area contributed by atoms with E-state index in [0.717, 1.165) is 22.3 Å². The molecule has 3 atom stereocenters. The van der Waals surface area contributed by atoms with Crippen LogP contribution in [0, 0.1) is 0 Å². The van der Waals surface area contributed by atoms with Gasteiger partial charge in [-0.15, -0.1) is 0 Å². The average Bonchev–Trinajstić information content (AvgIpc) is 3.61. The van der Waals surface area contributed by atoms with Crippen LogP contribution in [0.1, 0.15) is 36.3 Å². The van der Waals surface area contributed by atoms with E-state index < -0.39 is 48.6 Å². The van der Waals surface area contributed by atoms with Crippen LogP contribution in [0.15, 0.2) is 48.5 Å². The number of carbonyl (C=O) groups is 4. The molecule has 2 aromatic carbocycles. The average molecular weight is 508 g/mol. The number of carboxylic acid groups (broad SMARTS) is 1. The maximum absolute atomic E-state index is 13.4. The highest BCUT2D eigenvalue weighted by atomic mass is 16.6. The molecule has 3 N–H and O–H groups in total. The van der Waals surface area contributed by atoms with Crippen molar-refractivity contribution in [1.82, 2.24) is 15.1 Å². The Morgan fingerprint density at radius 3 is 2.24 bits per heavy atom. The number of fused-ring (bicyclic) bond motifs is 3. The second-order valence-corrected chi connectivity index (χ2v) is 9.66. The maximum atomic E-state index is 13.4. The third kappa shape index (κ3) is 4.76. The number of nitrogens with one attached hydrogen (secondary N) is 1. The lowest BCUT2D eigenvalue weighted by Crippen LogP contribution is -2.53. The molecule has 2 heterocycles. The van der Waals surface area contributed by atoms with Gasteiger partial charge in [0.1, 0.15) is 25.2 Å². The molecule has 0 aromatic heterocycles. The fourth-order valence-electron chi connectivity index (χ4n) is 5.70. The normalized spacial score (nSPS) is 22.5. The number of aliphatic hydroxyl groups excluding tert-OH is 1. The molecule has 10 nitrogen and oxygen atoms in total. The minimum Gasteiger partial charge on any atom is -0.480 e. The number of hydrogen-bond donors (Lipinski definition) is 3. The number of aliphatic carboxylic acids is 1. The van der Waals surface area contributed by atoms with Crippen LogP contribution in [0.25, 0.3) is 11.1 Å². The van der Waals surface area contributed by atoms with Crippen molar-refractivity contribution in [3.8, 4) is 11.1 Å². The van der Waals surface area contributed by atoms with E-state index in [0.29, 0.717) is 19.4 Å². The first-order valence-corrected chi connectivity index (χ1v) is 12.4. The first-order valence-electron chi connectivity index (χ1n) is 12.4. The van der Waals surface area contributed by atoms with Gasteiger partial charge in [-0.25, -0.2) is 4.79 Å². The first-order chi connectivity index (χ1) is 17.8. The standard InChI is InChI=1S/C27H29N3O7/c31-16-12-23(25(34)28-13-24(32)33)30(14-16)26(35)22-10-5-11-29(22)27(36)37-15-21-19-8-3-1-6-17(19)18-7-2-4-9-20(18)21/h1-4,6-9,16,21-23,31H,5,10-15H2,(H,28,34)(H,32,33)/t16-,22+,23+/m1/s1. The molecule has 1 aliphatic carbocycles. The lowest BCUT2D eigenvalue weighted by Gasteiger charge is -2.30. The monoisotopic (exact) mass is 507 g/mol. The van der Waals surface area contributed by atoms with Crippen molar-refractivity contribution in [3.05, 3.63) is 59.7 Å². The molecular formula is C27H29N3O7. The predicted octanol–water partition coefficient (Wildman–Crippen LogP) is 1.56. The van der Waals surface area contributed by atoms with Crippen LogP contribution in [-0.2, 0) is 19.1 Å². The topological polar surface area (TPSA) is 136 Å². The minimum atomic E-state index is -1.21. The number of hydrogen-bond acceptors (Lipinski definition) is 6. The van der Waals surface area contributed by atoms with Gasteiger partial charge in [-0.05, 0) is 35.1 Å². The van der Waals surface area contributed by atoms with Crippen molar-refractivity contribution in [2.75, 3.05) is 26.2 Å². The van der Waals surface area contributed by atoms with Crippen LogP contribution in [0.4, 0.5) is 4.79 Å². The second-order valence-electron chi connectivity index (χ2n) is 9.66. The largest absolute Gasteiger partial charge is 0.480 e. The third-order valence-electron chi connectivity index (χ3n) is 7.39. The van der Waals surface area contributed by atoms with Crippen molar-refractivity contribution >= 4 is 23.9 Å². The number of carbonyl (C=O) groups excluding carboxylic acids is 3. The van der Waals surface area contributed by atoms with Gasteiger partial charge in [0.05, 0.1) is 6.10 Å². The van der Waals surface area contributed by atoms with E-state index >= 15 is 0 Å². The molecule has 37 heavy (non-hydrogen) atoms. The predicted molar refractivity (Wildman–Crippen MR) is 132 cm³/mol. The maximum Gasteiger partial charge on any atom is 0.410 e. The molecule has 0 radical (unpaired) electrons. The van der Waals surface area contributed by atoms with Gasteiger partial charge in [0.15, 0.2) is 0 Å². The van der Waals surface area contributed by atoms with Crippen LogP contribution in [0.5, 0.6) is 0 Å². The molecule has 3 aliphatic rings. The SMILES string of the molecule is O=C(O)CNC(=O)[C@@H]1C[C@@H](O)CN1C(=O)[C@@H]1CCCN1C(=O)OCC1c2ccccc2-c2ccccc21. The van der Waals surface area contributed by atoms with Crippen LogP contribution in [-0.4, -0.2) is 88.3 Å². The Morgan fingerprint density at radius 1 is 0.946 bits per heavy atom. The van der Waals surface area contributed by atoms with Gasteiger partial charge < -0.3 is 25.2 Å². The summed E-state index contributed by atoms with van der Waals surface area (Å²) in [7, 11) is 0. The molecule has 0 bridgehead atoms. The van der Waals surface area contributed by atoms with Gasteiger partial charge in [0.2, 0.25) is 11.8 Å². The van der Waals surface area contributed by atoms with E-state index in [2.05, 4.69) is 17.4 Å². The molecule has 5 rings (SSSR count). The smallest absolute Gasteiger partial charge is 0.410 e. The Balaban J connectivity index is 1.26. The number of benzene rings is 2. The number of nitrogens with zero attached hydrogens (tertiary/aromatic N) is 2. The van der Waals surface area contributed by atoms with E-state index in [1.807, 2.05) is 36.4 Å². The summed E-state index contributed by atoms with van der Waals surface area (Å²) in [5, 5.41) is 21.2. The fraction of sp³-hybridized carbons (Fsp3) is 0.407. The molecule has 2 aliphatic heterocycles. The summed E-state index contributed by atoms with van der Waals surface area (Å²) in [6.45, 7) is -0.159. The van der Waals surface area contributed by atoms with Gasteiger partial charge in [-0.2, -0.15) is 0 Å². The number of rotatable bonds is 6. The number of β-amino-alcohol motifs (C(OH)–C–C–N with tert-alkyl or cyclic N) is 1. The van der Waals surface area contributed by atoms with Gasteiger partial charge >= 0.3 is 12.1 Å². The molecule has 0 saturated carbocycles. The van der Waals surface area contributed by atoms with E-state index in [4.69, 9.17) is 9.84 Å². The number of likely N-dealkylation sites (tertiary alicyclic amines) is 2. The Labute approximate surface area is 213 Å². The van der Waals surface area contributed by atoms with Crippen molar-refractivity contribution < 1.29 is 34.1 Å². The van der Waals surface area contributed by atoms with Crippen molar-refractivity contribution in [2.45, 2.75) is 43.4 Å². The minimum absolute atomic E-state index is 0.00879. The summed E-state index contributed by atoms with van der Waals surface area (Å²) in [6.07, 6.45) is -0.473. The molecule has 2 fully saturated rings. The number of carboxylic acids is 1. The fourth-order valence-corrected chi connectivity index (χ4v) is 5.70. The molecule has 3 amide bonds. The molecule has 2 saturated heterocycles. The lowest BCUT2D eigenvalue weighted by molar-refractivity contribution is -0.142. The Morgan fingerprint density at radius 2 is 1.59 bits per heavy atom. The van der Waals surface area contributed by atoms with Crippen LogP contribution >= 0.6 is 0 Å². The van der Waals surface area contributed by atoms with Crippen molar-refractivity contribution in [1.29, 1.82) is 0 Å². The zero-order valence-corrected chi connectivity index (χ0v) is 20.2. The highest BCUT2D eigenvalue weighted by Gasteiger charge is 2.45. The molecule has 0 spiro atoms. The van der Waals surface area contributed by atoms with Crippen LogP contribution < -0.4 is 5.32 Å². The van der Waals surface area contributed by atoms with Gasteiger partial charge in [0.25, 0.3) is 0 Å². The summed E-state index contributed by atoms with van der Waals surface area (Å²) in [5.74, 6) is -2.40. The highest BCUT2D eigenvalue weighted by Crippen LogP contribution is 2.44. The summed E-state index contributed by atoms with van der Waals surface area (Å²) < 4.78 is 5.75. The summed E-state index contributed by atoms with van der Waals surface area (Å²) in [6, 6.07) is 14.3. The highest BCUT2D eigenvalue weighted by molar-refractivity contribution is 5.93. The Kier molecular flexibility index (Phi) is 6.84. The van der Waals surface area contributed by atoms with Crippen molar-refractivity contribution in [3.63, 3.8) is 0 Å².